The van der Waals surface area contributed by atoms with Crippen LogP contribution in [0.4, 0.5) is 18.9 Å². The van der Waals surface area contributed by atoms with Crippen LogP contribution in [0, 0.1) is 23.4 Å². The third-order valence-electron chi connectivity index (χ3n) is 4.34. The predicted octanol–water partition coefficient (Wildman–Crippen LogP) is 1.60. The van der Waals surface area contributed by atoms with E-state index in [-0.39, 0.29) is 30.0 Å². The second-order valence-electron chi connectivity index (χ2n) is 6.06. The maximum Gasteiger partial charge on any atom is 0.241 e. The van der Waals surface area contributed by atoms with E-state index in [9.17, 15) is 22.8 Å². The summed E-state index contributed by atoms with van der Waals surface area (Å²) in [5.74, 6) is -4.16. The van der Waals surface area contributed by atoms with Crippen molar-refractivity contribution in [3.05, 3.63) is 29.6 Å². The van der Waals surface area contributed by atoms with E-state index < -0.39 is 17.5 Å². The molecule has 2 aliphatic rings. The van der Waals surface area contributed by atoms with Crippen LogP contribution < -0.4 is 5.32 Å². The Kier molecular flexibility index (Phi) is 4.64. The van der Waals surface area contributed by atoms with Crippen molar-refractivity contribution in [2.45, 2.75) is 12.8 Å². The predicted molar refractivity (Wildman–Crippen MR) is 80.7 cm³/mol. The fourth-order valence-electron chi connectivity index (χ4n) is 2.71. The molecule has 5 nitrogen and oxygen atoms in total. The number of hydrogen-bond acceptors (Lipinski definition) is 3. The molecule has 130 valence electrons. The first kappa shape index (κ1) is 16.6. The molecule has 1 saturated carbocycles. The number of carbonyl (C=O) groups excluding carboxylic acids is 2. The standard InChI is InChI=1S/C16H18F3N3O2/c17-11-3-4-12(15(19)14(11)18)20-9-13(23)21-5-7-22(8-6-21)16(24)10-1-2-10/h3-4,10,20H,1-2,5-9H2. The van der Waals surface area contributed by atoms with Crippen LogP contribution in [0.1, 0.15) is 12.8 Å². The maximum atomic E-state index is 13.5. The highest BCUT2D eigenvalue weighted by Gasteiger charge is 2.35. The molecule has 1 aliphatic carbocycles. The summed E-state index contributed by atoms with van der Waals surface area (Å²) in [6.45, 7) is 1.58. The smallest absolute Gasteiger partial charge is 0.241 e. The monoisotopic (exact) mass is 341 g/mol. The number of hydrogen-bond donors (Lipinski definition) is 1. The number of benzene rings is 1. The van der Waals surface area contributed by atoms with E-state index in [4.69, 9.17) is 0 Å². The number of amides is 2. The summed E-state index contributed by atoms with van der Waals surface area (Å²) in [4.78, 5) is 27.4. The van der Waals surface area contributed by atoms with Gasteiger partial charge in [-0.2, -0.15) is 0 Å². The minimum absolute atomic E-state index is 0.157. The Bertz CT molecular complexity index is 656. The first-order chi connectivity index (χ1) is 11.5. The Morgan fingerprint density at radius 3 is 2.25 bits per heavy atom. The molecule has 1 N–H and O–H groups in total. The molecule has 1 heterocycles. The minimum Gasteiger partial charge on any atom is -0.374 e. The van der Waals surface area contributed by atoms with Gasteiger partial charge in [-0.25, -0.2) is 13.2 Å². The second-order valence-corrected chi connectivity index (χ2v) is 6.06. The van der Waals surface area contributed by atoms with Gasteiger partial charge in [0.1, 0.15) is 0 Å². The Morgan fingerprint density at radius 1 is 1.00 bits per heavy atom. The molecule has 0 spiro atoms. The van der Waals surface area contributed by atoms with Gasteiger partial charge in [0.15, 0.2) is 17.5 Å². The molecule has 0 aromatic heterocycles. The van der Waals surface area contributed by atoms with E-state index in [1.165, 1.54) is 0 Å². The normalized spacial score (nSPS) is 17.8. The molecule has 0 radical (unpaired) electrons. The van der Waals surface area contributed by atoms with Crippen LogP contribution in [0.2, 0.25) is 0 Å². The summed E-state index contributed by atoms with van der Waals surface area (Å²) in [6, 6.07) is 1.85. The van der Waals surface area contributed by atoms with Crippen molar-refractivity contribution in [1.29, 1.82) is 0 Å². The number of rotatable bonds is 4. The van der Waals surface area contributed by atoms with Gasteiger partial charge in [-0.05, 0) is 25.0 Å². The van der Waals surface area contributed by atoms with Crippen LogP contribution in [0.15, 0.2) is 12.1 Å². The van der Waals surface area contributed by atoms with Crippen LogP contribution in [0.3, 0.4) is 0 Å². The van der Waals surface area contributed by atoms with E-state index in [2.05, 4.69) is 5.32 Å². The van der Waals surface area contributed by atoms with Gasteiger partial charge in [0.25, 0.3) is 0 Å². The number of halogens is 3. The Balaban J connectivity index is 1.49. The number of piperazine rings is 1. The molecule has 1 aliphatic heterocycles. The van der Waals surface area contributed by atoms with Crippen LogP contribution in [-0.4, -0.2) is 54.3 Å². The van der Waals surface area contributed by atoms with Gasteiger partial charge in [0.2, 0.25) is 11.8 Å². The van der Waals surface area contributed by atoms with Gasteiger partial charge < -0.3 is 15.1 Å². The van der Waals surface area contributed by atoms with Crippen LogP contribution in [0.25, 0.3) is 0 Å². The molecule has 1 aromatic rings. The van der Waals surface area contributed by atoms with Crippen molar-refractivity contribution >= 4 is 17.5 Å². The summed E-state index contributed by atoms with van der Waals surface area (Å²) >= 11 is 0. The molecular weight excluding hydrogens is 323 g/mol. The van der Waals surface area contributed by atoms with E-state index >= 15 is 0 Å². The molecule has 0 atom stereocenters. The highest BCUT2D eigenvalue weighted by Crippen LogP contribution is 2.31. The van der Waals surface area contributed by atoms with Gasteiger partial charge >= 0.3 is 0 Å². The van der Waals surface area contributed by atoms with E-state index in [1.54, 1.807) is 9.80 Å². The van der Waals surface area contributed by atoms with Crippen molar-refractivity contribution in [2.24, 2.45) is 5.92 Å². The van der Waals surface area contributed by atoms with E-state index in [0.29, 0.717) is 26.2 Å². The molecular formula is C16H18F3N3O2. The summed E-state index contributed by atoms with van der Waals surface area (Å²) in [7, 11) is 0. The molecule has 0 unspecified atom stereocenters. The first-order valence-electron chi connectivity index (χ1n) is 7.91. The molecule has 24 heavy (non-hydrogen) atoms. The largest absolute Gasteiger partial charge is 0.374 e. The second kappa shape index (κ2) is 6.70. The molecule has 1 saturated heterocycles. The number of nitrogens with one attached hydrogen (secondary N) is 1. The van der Waals surface area contributed by atoms with Crippen molar-refractivity contribution in [2.75, 3.05) is 38.0 Å². The van der Waals surface area contributed by atoms with Crippen molar-refractivity contribution in [1.82, 2.24) is 9.80 Å². The minimum atomic E-state index is -1.57. The zero-order valence-electron chi connectivity index (χ0n) is 13.0. The van der Waals surface area contributed by atoms with Crippen LogP contribution in [-0.2, 0) is 9.59 Å². The average molecular weight is 341 g/mol. The maximum absolute atomic E-state index is 13.5. The molecule has 0 bridgehead atoms. The van der Waals surface area contributed by atoms with Crippen LogP contribution >= 0.6 is 0 Å². The number of anilines is 1. The highest BCUT2D eigenvalue weighted by atomic mass is 19.2. The SMILES string of the molecule is O=C(CNc1ccc(F)c(F)c1F)N1CCN(C(=O)C2CC2)CC1. The van der Waals surface area contributed by atoms with Gasteiger partial charge in [-0.1, -0.05) is 0 Å². The molecule has 8 heteroatoms. The fourth-order valence-corrected chi connectivity index (χ4v) is 2.71. The molecule has 1 aromatic carbocycles. The van der Waals surface area contributed by atoms with Gasteiger partial charge in [-0.15, -0.1) is 0 Å². The number of nitrogens with zero attached hydrogens (tertiary/aromatic N) is 2. The van der Waals surface area contributed by atoms with Gasteiger partial charge in [0.05, 0.1) is 12.2 Å². The van der Waals surface area contributed by atoms with Crippen LogP contribution in [0.5, 0.6) is 0 Å². The summed E-state index contributed by atoms with van der Waals surface area (Å²) in [5.41, 5.74) is -0.259. The topological polar surface area (TPSA) is 52.7 Å². The Hall–Kier alpha value is -2.25. The fraction of sp³-hybridized carbons (Fsp3) is 0.500. The average Bonchev–Trinajstić information content (AvgIpc) is 3.43. The lowest BCUT2D eigenvalue weighted by atomic mass is 10.2. The van der Waals surface area contributed by atoms with E-state index in [0.717, 1.165) is 25.0 Å². The lowest BCUT2D eigenvalue weighted by molar-refractivity contribution is -0.139. The zero-order chi connectivity index (χ0) is 17.3. The molecule has 2 amide bonds. The summed E-state index contributed by atoms with van der Waals surface area (Å²) in [6.07, 6.45) is 1.89. The van der Waals surface area contributed by atoms with Crippen molar-refractivity contribution in [3.8, 4) is 0 Å². The Morgan fingerprint density at radius 2 is 1.62 bits per heavy atom. The zero-order valence-corrected chi connectivity index (χ0v) is 13.0. The van der Waals surface area contributed by atoms with Gasteiger partial charge in [0, 0.05) is 32.1 Å². The van der Waals surface area contributed by atoms with Crippen molar-refractivity contribution < 1.29 is 22.8 Å². The first-order valence-corrected chi connectivity index (χ1v) is 7.91. The summed E-state index contributed by atoms with van der Waals surface area (Å²) in [5, 5.41) is 2.49. The van der Waals surface area contributed by atoms with Crippen molar-refractivity contribution in [3.63, 3.8) is 0 Å². The highest BCUT2D eigenvalue weighted by molar-refractivity contribution is 5.83. The molecule has 2 fully saturated rings. The molecule has 3 rings (SSSR count). The lowest BCUT2D eigenvalue weighted by Crippen LogP contribution is -2.52. The van der Waals surface area contributed by atoms with Gasteiger partial charge in [-0.3, -0.25) is 9.59 Å². The number of carbonyl (C=O) groups is 2. The third kappa shape index (κ3) is 3.47. The van der Waals surface area contributed by atoms with E-state index in [1.807, 2.05) is 0 Å². The third-order valence-corrected chi connectivity index (χ3v) is 4.34. The quantitative estimate of drug-likeness (QED) is 0.847. The Labute approximate surface area is 137 Å². The lowest BCUT2D eigenvalue weighted by Gasteiger charge is -2.35. The summed E-state index contributed by atoms with van der Waals surface area (Å²) < 4.78 is 39.5.